The highest BCUT2D eigenvalue weighted by atomic mass is 16.5. The summed E-state index contributed by atoms with van der Waals surface area (Å²) in [7, 11) is 3.65. The van der Waals surface area contributed by atoms with Gasteiger partial charge in [0.05, 0.1) is 13.3 Å². The number of nitrogens with zero attached hydrogens (tertiary/aromatic N) is 1. The molecule has 84 valence electrons. The van der Waals surface area contributed by atoms with Gasteiger partial charge >= 0.3 is 0 Å². The van der Waals surface area contributed by atoms with Crippen molar-refractivity contribution in [3.8, 4) is 5.75 Å². The molecule has 3 nitrogen and oxygen atoms in total. The van der Waals surface area contributed by atoms with E-state index in [0.717, 1.165) is 12.3 Å². The van der Waals surface area contributed by atoms with Crippen LogP contribution in [0.25, 0.3) is 0 Å². The third-order valence-electron chi connectivity index (χ3n) is 2.88. The zero-order valence-corrected chi connectivity index (χ0v) is 9.95. The number of hydrogen-bond acceptors (Lipinski definition) is 3. The number of ether oxygens (including phenoxy) is 1. The van der Waals surface area contributed by atoms with Gasteiger partial charge in [-0.15, -0.1) is 0 Å². The molecule has 1 N–H and O–H groups in total. The van der Waals surface area contributed by atoms with Gasteiger partial charge in [0.2, 0.25) is 0 Å². The van der Waals surface area contributed by atoms with Crippen molar-refractivity contribution in [3.05, 3.63) is 24.0 Å². The molecule has 3 heteroatoms. The minimum Gasteiger partial charge on any atom is -0.495 e. The van der Waals surface area contributed by atoms with Crippen LogP contribution in [0.4, 0.5) is 0 Å². The highest BCUT2D eigenvalue weighted by Crippen LogP contribution is 2.25. The summed E-state index contributed by atoms with van der Waals surface area (Å²) in [5, 5.41) is 3.20. The molecule has 0 amide bonds. The molecule has 1 rings (SSSR count). The van der Waals surface area contributed by atoms with Crippen molar-refractivity contribution in [2.24, 2.45) is 5.92 Å². The summed E-state index contributed by atoms with van der Waals surface area (Å²) in [6.07, 6.45) is 3.65. The fraction of sp³-hybridized carbons (Fsp3) is 0.583. The molecule has 0 spiro atoms. The zero-order valence-electron chi connectivity index (χ0n) is 9.95. The maximum absolute atomic E-state index is 5.17. The summed E-state index contributed by atoms with van der Waals surface area (Å²) < 4.78 is 5.17. The number of pyridine rings is 1. The molecule has 0 radical (unpaired) electrons. The standard InChI is InChI=1S/C12H20N2O/c1-9(6-13-3)10(2)11-5-12(15-4)8-14-7-11/h5,7-10,13H,6H2,1-4H3. The van der Waals surface area contributed by atoms with Crippen LogP contribution < -0.4 is 10.1 Å². The minimum atomic E-state index is 0.486. The molecule has 0 bridgehead atoms. The summed E-state index contributed by atoms with van der Waals surface area (Å²) in [6.45, 7) is 5.47. The van der Waals surface area contributed by atoms with Gasteiger partial charge in [0, 0.05) is 6.20 Å². The zero-order chi connectivity index (χ0) is 11.3. The first-order valence-corrected chi connectivity index (χ1v) is 5.32. The van der Waals surface area contributed by atoms with Crippen molar-refractivity contribution in [2.45, 2.75) is 19.8 Å². The Labute approximate surface area is 91.9 Å². The van der Waals surface area contributed by atoms with E-state index in [0.29, 0.717) is 11.8 Å². The lowest BCUT2D eigenvalue weighted by atomic mass is 9.90. The van der Waals surface area contributed by atoms with Crippen LogP contribution in [0.1, 0.15) is 25.3 Å². The van der Waals surface area contributed by atoms with Crippen molar-refractivity contribution in [3.63, 3.8) is 0 Å². The van der Waals surface area contributed by atoms with E-state index >= 15 is 0 Å². The van der Waals surface area contributed by atoms with Gasteiger partial charge in [-0.25, -0.2) is 0 Å². The van der Waals surface area contributed by atoms with Crippen molar-refractivity contribution in [1.29, 1.82) is 0 Å². The fourth-order valence-corrected chi connectivity index (χ4v) is 1.62. The maximum atomic E-state index is 5.17. The average Bonchev–Trinajstić information content (AvgIpc) is 2.28. The highest BCUT2D eigenvalue weighted by molar-refractivity contribution is 5.26. The van der Waals surface area contributed by atoms with E-state index < -0.39 is 0 Å². The van der Waals surface area contributed by atoms with Crippen LogP contribution in [0, 0.1) is 5.92 Å². The second-order valence-electron chi connectivity index (χ2n) is 3.98. The first kappa shape index (κ1) is 12.0. The number of aromatic nitrogens is 1. The highest BCUT2D eigenvalue weighted by Gasteiger charge is 2.14. The van der Waals surface area contributed by atoms with E-state index in [-0.39, 0.29) is 0 Å². The van der Waals surface area contributed by atoms with E-state index in [1.807, 2.05) is 13.2 Å². The fourth-order valence-electron chi connectivity index (χ4n) is 1.62. The number of hydrogen-bond donors (Lipinski definition) is 1. The quantitative estimate of drug-likeness (QED) is 0.804. The Morgan fingerprint density at radius 2 is 2.13 bits per heavy atom. The van der Waals surface area contributed by atoms with E-state index in [4.69, 9.17) is 4.74 Å². The molecule has 1 aromatic heterocycles. The molecule has 0 aromatic carbocycles. The molecule has 2 atom stereocenters. The Morgan fingerprint density at radius 3 is 2.73 bits per heavy atom. The van der Waals surface area contributed by atoms with Crippen LogP contribution in [-0.2, 0) is 0 Å². The van der Waals surface area contributed by atoms with Crippen molar-refractivity contribution in [1.82, 2.24) is 10.3 Å². The summed E-state index contributed by atoms with van der Waals surface area (Å²) in [6, 6.07) is 2.06. The lowest BCUT2D eigenvalue weighted by Gasteiger charge is -2.19. The van der Waals surface area contributed by atoms with Crippen LogP contribution in [0.5, 0.6) is 5.75 Å². The lowest BCUT2D eigenvalue weighted by molar-refractivity contribution is 0.409. The molecule has 1 aromatic rings. The molecule has 15 heavy (non-hydrogen) atoms. The molecule has 0 aliphatic heterocycles. The van der Waals surface area contributed by atoms with Gasteiger partial charge in [-0.2, -0.15) is 0 Å². The first-order valence-electron chi connectivity index (χ1n) is 5.32. The smallest absolute Gasteiger partial charge is 0.137 e. The monoisotopic (exact) mass is 208 g/mol. The summed E-state index contributed by atoms with van der Waals surface area (Å²) in [5.41, 5.74) is 1.23. The molecule has 0 aliphatic carbocycles. The minimum absolute atomic E-state index is 0.486. The van der Waals surface area contributed by atoms with E-state index in [1.165, 1.54) is 5.56 Å². The molecule has 0 fully saturated rings. The molecule has 0 saturated heterocycles. The van der Waals surface area contributed by atoms with Gasteiger partial charge in [-0.05, 0) is 37.1 Å². The van der Waals surface area contributed by atoms with Gasteiger partial charge in [0.25, 0.3) is 0 Å². The SMILES string of the molecule is CNCC(C)C(C)c1cncc(OC)c1. The Balaban J connectivity index is 2.76. The van der Waals surface area contributed by atoms with Crippen LogP contribution >= 0.6 is 0 Å². The third-order valence-corrected chi connectivity index (χ3v) is 2.88. The Morgan fingerprint density at radius 1 is 1.40 bits per heavy atom. The normalized spacial score (nSPS) is 14.7. The number of nitrogens with one attached hydrogen (secondary N) is 1. The van der Waals surface area contributed by atoms with E-state index in [2.05, 4.69) is 30.2 Å². The third kappa shape index (κ3) is 3.20. The Kier molecular flexibility index (Phi) is 4.56. The molecular weight excluding hydrogens is 188 g/mol. The van der Waals surface area contributed by atoms with E-state index in [9.17, 15) is 0 Å². The largest absolute Gasteiger partial charge is 0.495 e. The summed E-state index contributed by atoms with van der Waals surface area (Å²) in [4.78, 5) is 4.17. The van der Waals surface area contributed by atoms with Gasteiger partial charge in [0.15, 0.2) is 0 Å². The van der Waals surface area contributed by atoms with Crippen molar-refractivity contribution >= 4 is 0 Å². The molecular formula is C12H20N2O. The first-order chi connectivity index (χ1) is 7.19. The second-order valence-corrected chi connectivity index (χ2v) is 3.98. The average molecular weight is 208 g/mol. The lowest BCUT2D eigenvalue weighted by Crippen LogP contribution is -2.20. The molecule has 2 unspecified atom stereocenters. The van der Waals surface area contributed by atoms with Crippen LogP contribution in [-0.4, -0.2) is 25.7 Å². The van der Waals surface area contributed by atoms with Crippen molar-refractivity contribution < 1.29 is 4.74 Å². The van der Waals surface area contributed by atoms with Crippen molar-refractivity contribution in [2.75, 3.05) is 20.7 Å². The molecule has 1 heterocycles. The maximum Gasteiger partial charge on any atom is 0.137 e. The second kappa shape index (κ2) is 5.71. The summed E-state index contributed by atoms with van der Waals surface area (Å²) in [5.74, 6) is 1.90. The predicted molar refractivity (Wildman–Crippen MR) is 62.3 cm³/mol. The van der Waals surface area contributed by atoms with Gasteiger partial charge in [-0.1, -0.05) is 13.8 Å². The molecule has 0 saturated carbocycles. The Bertz CT molecular complexity index is 301. The predicted octanol–water partition coefficient (Wildman–Crippen LogP) is 2.05. The van der Waals surface area contributed by atoms with Gasteiger partial charge in [-0.3, -0.25) is 4.98 Å². The number of rotatable bonds is 5. The topological polar surface area (TPSA) is 34.2 Å². The Hall–Kier alpha value is -1.09. The van der Waals surface area contributed by atoms with Crippen LogP contribution in [0.3, 0.4) is 0 Å². The summed E-state index contributed by atoms with van der Waals surface area (Å²) >= 11 is 0. The van der Waals surface area contributed by atoms with Gasteiger partial charge < -0.3 is 10.1 Å². The van der Waals surface area contributed by atoms with Gasteiger partial charge in [0.1, 0.15) is 5.75 Å². The number of methoxy groups -OCH3 is 1. The van der Waals surface area contributed by atoms with E-state index in [1.54, 1.807) is 13.3 Å². The van der Waals surface area contributed by atoms with Crippen LogP contribution in [0.2, 0.25) is 0 Å². The van der Waals surface area contributed by atoms with Crippen LogP contribution in [0.15, 0.2) is 18.5 Å². The molecule has 0 aliphatic rings.